The topological polar surface area (TPSA) is 90.5 Å². The van der Waals surface area contributed by atoms with Gasteiger partial charge in [0.25, 0.3) is 0 Å². The van der Waals surface area contributed by atoms with Crippen molar-refractivity contribution in [2.24, 2.45) is 5.73 Å². The third-order valence-electron chi connectivity index (χ3n) is 4.05. The Bertz CT molecular complexity index is 642. The molecule has 3 N–H and O–H groups in total. The summed E-state index contributed by atoms with van der Waals surface area (Å²) in [6.07, 6.45) is 3.41. The van der Waals surface area contributed by atoms with Crippen LogP contribution in [0.5, 0.6) is 5.88 Å². The predicted octanol–water partition coefficient (Wildman–Crippen LogP) is 1.57. The molecule has 0 aromatic carbocycles. The number of aromatic nitrogens is 2. The van der Waals surface area contributed by atoms with E-state index in [1.54, 1.807) is 25.4 Å². The van der Waals surface area contributed by atoms with Gasteiger partial charge in [0.15, 0.2) is 0 Å². The molecule has 0 bridgehead atoms. The van der Waals surface area contributed by atoms with E-state index in [0.717, 1.165) is 23.9 Å². The number of pyridine rings is 2. The Morgan fingerprint density at radius 3 is 3.00 bits per heavy atom. The van der Waals surface area contributed by atoms with Crippen molar-refractivity contribution in [2.75, 3.05) is 13.7 Å². The predicted molar refractivity (Wildman–Crippen MR) is 82.6 cm³/mol. The molecule has 1 unspecified atom stereocenters. The second-order valence-electron chi connectivity index (χ2n) is 5.67. The number of aliphatic hydroxyl groups is 1. The molecule has 0 spiro atoms. The number of methoxy groups -OCH3 is 1. The van der Waals surface area contributed by atoms with Gasteiger partial charge in [-0.25, -0.2) is 4.98 Å². The summed E-state index contributed by atoms with van der Waals surface area (Å²) in [4.78, 5) is 8.69. The molecule has 3 heterocycles. The van der Waals surface area contributed by atoms with Gasteiger partial charge < -0.3 is 20.3 Å². The minimum Gasteiger partial charge on any atom is -0.481 e. The number of aliphatic hydroxyl groups excluding tert-OH is 1. The summed E-state index contributed by atoms with van der Waals surface area (Å²) in [5.41, 5.74) is 7.99. The van der Waals surface area contributed by atoms with Gasteiger partial charge in [0, 0.05) is 30.3 Å². The first-order valence-electron chi connectivity index (χ1n) is 7.52. The third-order valence-corrected chi connectivity index (χ3v) is 4.05. The smallest absolute Gasteiger partial charge is 0.213 e. The minimum atomic E-state index is -0.649. The molecule has 6 heteroatoms. The number of rotatable bonds is 4. The number of nitrogens with two attached hydrogens (primary N) is 1. The Hall–Kier alpha value is -1.76. The lowest BCUT2D eigenvalue weighted by Gasteiger charge is -2.28. The molecule has 0 saturated carbocycles. The van der Waals surface area contributed by atoms with Crippen LogP contribution in [0.25, 0.3) is 11.0 Å². The van der Waals surface area contributed by atoms with E-state index in [9.17, 15) is 5.11 Å². The Morgan fingerprint density at radius 2 is 2.27 bits per heavy atom. The summed E-state index contributed by atoms with van der Waals surface area (Å²) in [6.45, 7) is 0.556. The van der Waals surface area contributed by atoms with Crippen LogP contribution < -0.4 is 10.5 Å². The van der Waals surface area contributed by atoms with E-state index in [1.165, 1.54) is 0 Å². The first-order chi connectivity index (χ1) is 10.7. The third kappa shape index (κ3) is 3.19. The number of nitrogens with zero attached hydrogens (tertiary/aromatic N) is 2. The highest BCUT2D eigenvalue weighted by Gasteiger charge is 2.23. The summed E-state index contributed by atoms with van der Waals surface area (Å²) in [5, 5.41) is 10.6. The van der Waals surface area contributed by atoms with Gasteiger partial charge in [-0.15, -0.1) is 0 Å². The van der Waals surface area contributed by atoms with Crippen molar-refractivity contribution in [3.05, 3.63) is 30.0 Å². The number of fused-ring (bicyclic) bond motifs is 1. The van der Waals surface area contributed by atoms with Crippen molar-refractivity contribution in [2.45, 2.75) is 37.5 Å². The van der Waals surface area contributed by atoms with Crippen LogP contribution in [-0.2, 0) is 4.74 Å². The zero-order chi connectivity index (χ0) is 15.5. The number of ether oxygens (including phenoxy) is 2. The fraction of sp³-hybridized carbons (Fsp3) is 0.500. The quantitative estimate of drug-likeness (QED) is 0.891. The molecule has 0 aliphatic carbocycles. The van der Waals surface area contributed by atoms with Crippen LogP contribution in [0.3, 0.4) is 0 Å². The summed E-state index contributed by atoms with van der Waals surface area (Å²) in [7, 11) is 1.57. The second-order valence-corrected chi connectivity index (χ2v) is 5.67. The molecule has 3 atom stereocenters. The van der Waals surface area contributed by atoms with Gasteiger partial charge in [-0.3, -0.25) is 4.98 Å². The molecule has 1 fully saturated rings. The van der Waals surface area contributed by atoms with E-state index in [4.69, 9.17) is 15.2 Å². The van der Waals surface area contributed by atoms with E-state index in [-0.39, 0.29) is 12.1 Å². The Balaban J connectivity index is 1.82. The molecule has 2 aromatic rings. The van der Waals surface area contributed by atoms with Crippen LogP contribution in [0, 0.1) is 0 Å². The number of hydrogen-bond acceptors (Lipinski definition) is 6. The molecule has 118 valence electrons. The highest BCUT2D eigenvalue weighted by molar-refractivity contribution is 5.78. The number of hydrogen-bond donors (Lipinski definition) is 2. The second kappa shape index (κ2) is 6.56. The average molecular weight is 303 g/mol. The zero-order valence-corrected chi connectivity index (χ0v) is 12.6. The van der Waals surface area contributed by atoms with Gasteiger partial charge in [-0.05, 0) is 25.0 Å². The summed E-state index contributed by atoms with van der Waals surface area (Å²) in [6, 6.07) is 5.51. The van der Waals surface area contributed by atoms with Gasteiger partial charge in [-0.2, -0.15) is 0 Å². The van der Waals surface area contributed by atoms with Gasteiger partial charge in [-0.1, -0.05) is 0 Å². The first-order valence-corrected chi connectivity index (χ1v) is 7.52. The van der Waals surface area contributed by atoms with Gasteiger partial charge in [0.2, 0.25) is 5.88 Å². The van der Waals surface area contributed by atoms with Gasteiger partial charge >= 0.3 is 0 Å². The lowest BCUT2D eigenvalue weighted by atomic mass is 9.97. The molecule has 6 nitrogen and oxygen atoms in total. The molecule has 3 rings (SSSR count). The molecule has 0 radical (unpaired) electrons. The van der Waals surface area contributed by atoms with Crippen molar-refractivity contribution in [1.29, 1.82) is 0 Å². The normalized spacial score (nSPS) is 23.4. The highest BCUT2D eigenvalue weighted by atomic mass is 16.5. The lowest BCUT2D eigenvalue weighted by Crippen LogP contribution is -2.36. The molecule has 22 heavy (non-hydrogen) atoms. The molecule has 1 aliphatic rings. The maximum Gasteiger partial charge on any atom is 0.213 e. The minimum absolute atomic E-state index is 0.0311. The molecule has 0 amide bonds. The highest BCUT2D eigenvalue weighted by Crippen LogP contribution is 2.29. The van der Waals surface area contributed by atoms with Crippen LogP contribution in [-0.4, -0.2) is 40.9 Å². The standard InChI is InChI=1S/C16H21N3O3/c1-21-15-5-4-13-16(19-15)12(6-7-18-13)14(20)8-11-3-2-10(17)9-22-11/h4-7,10-11,14,20H,2-3,8-9,17H2,1H3/t10-,11+,14?/m1/s1. The van der Waals surface area contributed by atoms with Crippen LogP contribution in [0.2, 0.25) is 0 Å². The largest absolute Gasteiger partial charge is 0.481 e. The van der Waals surface area contributed by atoms with Gasteiger partial charge in [0.05, 0.1) is 37.0 Å². The molecular formula is C16H21N3O3. The summed E-state index contributed by atoms with van der Waals surface area (Å²) < 4.78 is 10.9. The van der Waals surface area contributed by atoms with Gasteiger partial charge in [0.1, 0.15) is 0 Å². The zero-order valence-electron chi connectivity index (χ0n) is 12.6. The van der Waals surface area contributed by atoms with Crippen molar-refractivity contribution >= 4 is 11.0 Å². The van der Waals surface area contributed by atoms with E-state index in [0.29, 0.717) is 24.4 Å². The fourth-order valence-electron chi connectivity index (χ4n) is 2.80. The summed E-state index contributed by atoms with van der Waals surface area (Å²) >= 11 is 0. The first kappa shape index (κ1) is 15.1. The molecular weight excluding hydrogens is 282 g/mol. The fourth-order valence-corrected chi connectivity index (χ4v) is 2.80. The maximum atomic E-state index is 10.6. The van der Waals surface area contributed by atoms with E-state index >= 15 is 0 Å². The van der Waals surface area contributed by atoms with Crippen LogP contribution in [0.15, 0.2) is 24.4 Å². The SMILES string of the molecule is COc1ccc2nccc(C(O)C[C@@H]3CC[C@@H](N)CO3)c2n1. The molecule has 1 aliphatic heterocycles. The molecule has 1 saturated heterocycles. The lowest BCUT2D eigenvalue weighted by molar-refractivity contribution is -0.0233. The van der Waals surface area contributed by atoms with Crippen molar-refractivity contribution in [3.8, 4) is 5.88 Å². The monoisotopic (exact) mass is 303 g/mol. The average Bonchev–Trinajstić information content (AvgIpc) is 2.55. The maximum absolute atomic E-state index is 10.6. The van der Waals surface area contributed by atoms with Crippen LogP contribution in [0.1, 0.15) is 30.9 Å². The molecule has 2 aromatic heterocycles. The van der Waals surface area contributed by atoms with Crippen LogP contribution in [0.4, 0.5) is 0 Å². The van der Waals surface area contributed by atoms with Crippen molar-refractivity contribution < 1.29 is 14.6 Å². The van der Waals surface area contributed by atoms with Crippen LogP contribution >= 0.6 is 0 Å². The van der Waals surface area contributed by atoms with Crippen molar-refractivity contribution in [3.63, 3.8) is 0 Å². The summed E-state index contributed by atoms with van der Waals surface area (Å²) in [5.74, 6) is 0.508. The van der Waals surface area contributed by atoms with E-state index in [2.05, 4.69) is 9.97 Å². The Kier molecular flexibility index (Phi) is 4.52. The Labute approximate surface area is 129 Å². The van der Waals surface area contributed by atoms with E-state index in [1.807, 2.05) is 6.07 Å². The Morgan fingerprint density at radius 1 is 1.41 bits per heavy atom. The van der Waals surface area contributed by atoms with E-state index < -0.39 is 6.10 Å². The van der Waals surface area contributed by atoms with Crippen molar-refractivity contribution in [1.82, 2.24) is 9.97 Å².